The van der Waals surface area contributed by atoms with Crippen molar-refractivity contribution in [3.63, 3.8) is 0 Å². The molecule has 17 heavy (non-hydrogen) atoms. The molecule has 0 bridgehead atoms. The Morgan fingerprint density at radius 1 is 1.59 bits per heavy atom. The molecule has 5 nitrogen and oxygen atoms in total. The molecule has 7 heteroatoms. The summed E-state index contributed by atoms with van der Waals surface area (Å²) < 4.78 is 24.5. The van der Waals surface area contributed by atoms with E-state index in [2.05, 4.69) is 10.1 Å². The number of anilines is 1. The van der Waals surface area contributed by atoms with Crippen LogP contribution in [0.15, 0.2) is 17.3 Å². The minimum Gasteiger partial charge on any atom is -0.409 e. The van der Waals surface area contributed by atoms with Crippen LogP contribution in [0, 0.1) is 6.92 Å². The molecule has 0 aliphatic carbocycles. The summed E-state index contributed by atoms with van der Waals surface area (Å²) in [6.07, 6.45) is -2.45. The van der Waals surface area contributed by atoms with E-state index in [0.717, 1.165) is 0 Å². The van der Waals surface area contributed by atoms with Crippen LogP contribution in [0.5, 0.6) is 0 Å². The average molecular weight is 244 g/mol. The molecule has 0 unspecified atom stereocenters. The van der Waals surface area contributed by atoms with E-state index in [9.17, 15) is 8.78 Å². The molecule has 1 rings (SSSR count). The van der Waals surface area contributed by atoms with Gasteiger partial charge in [-0.15, -0.1) is 0 Å². The molecule has 0 atom stereocenters. The summed E-state index contributed by atoms with van der Waals surface area (Å²) in [6, 6.07) is 3.10. The molecule has 0 saturated heterocycles. The maximum absolute atomic E-state index is 12.2. The van der Waals surface area contributed by atoms with Crippen molar-refractivity contribution in [3.05, 3.63) is 23.4 Å². The van der Waals surface area contributed by atoms with Gasteiger partial charge in [-0.1, -0.05) is 5.16 Å². The van der Waals surface area contributed by atoms with Gasteiger partial charge >= 0.3 is 0 Å². The Balaban J connectivity index is 3.05. The molecule has 94 valence electrons. The molecule has 0 radical (unpaired) electrons. The highest BCUT2D eigenvalue weighted by atomic mass is 19.3. The van der Waals surface area contributed by atoms with Crippen LogP contribution in [0.2, 0.25) is 0 Å². The van der Waals surface area contributed by atoms with Crippen molar-refractivity contribution >= 4 is 11.7 Å². The maximum Gasteiger partial charge on any atom is 0.255 e. The quantitative estimate of drug-likeness (QED) is 0.361. The standard InChI is InChI=1S/C10H14F2N4O/c1-6-3-7(10(13)15-17)4-9(14-6)16(2)5-8(11)12/h3-4,8,17H,5H2,1-2H3,(H2,13,15). The fourth-order valence-corrected chi connectivity index (χ4v) is 1.35. The lowest BCUT2D eigenvalue weighted by Gasteiger charge is -2.18. The summed E-state index contributed by atoms with van der Waals surface area (Å²) in [4.78, 5) is 5.42. The monoisotopic (exact) mass is 244 g/mol. The first-order valence-corrected chi connectivity index (χ1v) is 4.90. The van der Waals surface area contributed by atoms with Crippen LogP contribution < -0.4 is 10.6 Å². The van der Waals surface area contributed by atoms with Gasteiger partial charge in [-0.25, -0.2) is 13.8 Å². The fourth-order valence-electron chi connectivity index (χ4n) is 1.35. The minimum absolute atomic E-state index is 0.0813. The van der Waals surface area contributed by atoms with Crippen LogP contribution in [0.4, 0.5) is 14.6 Å². The van der Waals surface area contributed by atoms with E-state index in [1.165, 1.54) is 18.0 Å². The summed E-state index contributed by atoms with van der Waals surface area (Å²) in [5, 5.41) is 11.4. The number of hydrogen-bond acceptors (Lipinski definition) is 4. The second-order valence-electron chi connectivity index (χ2n) is 3.61. The van der Waals surface area contributed by atoms with Crippen LogP contribution in [0.25, 0.3) is 0 Å². The fraction of sp³-hybridized carbons (Fsp3) is 0.400. The lowest BCUT2D eigenvalue weighted by Crippen LogP contribution is -2.26. The van der Waals surface area contributed by atoms with Crippen molar-refractivity contribution in [2.75, 3.05) is 18.5 Å². The number of pyridine rings is 1. The summed E-state index contributed by atoms with van der Waals surface area (Å²) in [7, 11) is 1.50. The normalized spacial score (nSPS) is 11.9. The van der Waals surface area contributed by atoms with E-state index in [-0.39, 0.29) is 5.84 Å². The molecule has 0 saturated carbocycles. The van der Waals surface area contributed by atoms with Crippen LogP contribution in [-0.2, 0) is 0 Å². The Hall–Kier alpha value is -1.92. The first kappa shape index (κ1) is 13.1. The molecule has 0 aliphatic heterocycles. The van der Waals surface area contributed by atoms with Crippen LogP contribution in [0.1, 0.15) is 11.3 Å². The van der Waals surface area contributed by atoms with Gasteiger partial charge in [0, 0.05) is 18.3 Å². The number of nitrogens with two attached hydrogens (primary N) is 1. The largest absolute Gasteiger partial charge is 0.409 e. The molecule has 0 amide bonds. The van der Waals surface area contributed by atoms with Gasteiger partial charge in [-0.05, 0) is 19.1 Å². The molecule has 0 aliphatic rings. The van der Waals surface area contributed by atoms with Gasteiger partial charge in [0.2, 0.25) is 0 Å². The number of halogens is 2. The molecule has 0 aromatic carbocycles. The van der Waals surface area contributed by atoms with Crippen molar-refractivity contribution in [2.45, 2.75) is 13.3 Å². The van der Waals surface area contributed by atoms with Gasteiger partial charge in [-0.3, -0.25) is 0 Å². The average Bonchev–Trinajstić information content (AvgIpc) is 2.26. The number of nitrogens with zero attached hydrogens (tertiary/aromatic N) is 3. The maximum atomic E-state index is 12.2. The van der Waals surface area contributed by atoms with E-state index in [1.807, 2.05) is 0 Å². The molecular weight excluding hydrogens is 230 g/mol. The second-order valence-corrected chi connectivity index (χ2v) is 3.61. The zero-order chi connectivity index (χ0) is 13.0. The van der Waals surface area contributed by atoms with Crippen LogP contribution in [0.3, 0.4) is 0 Å². The number of rotatable bonds is 4. The zero-order valence-corrected chi connectivity index (χ0v) is 9.56. The van der Waals surface area contributed by atoms with Gasteiger partial charge in [0.15, 0.2) is 5.84 Å². The summed E-state index contributed by atoms with van der Waals surface area (Å²) in [5.41, 5.74) is 6.48. The lowest BCUT2D eigenvalue weighted by atomic mass is 10.2. The van der Waals surface area contributed by atoms with E-state index in [1.54, 1.807) is 13.0 Å². The number of alkyl halides is 2. The Morgan fingerprint density at radius 2 is 2.24 bits per heavy atom. The topological polar surface area (TPSA) is 74.7 Å². The van der Waals surface area contributed by atoms with E-state index >= 15 is 0 Å². The van der Waals surface area contributed by atoms with E-state index in [0.29, 0.717) is 17.1 Å². The van der Waals surface area contributed by atoms with Gasteiger partial charge in [0.05, 0.1) is 6.54 Å². The number of aryl methyl sites for hydroxylation is 1. The number of amidine groups is 1. The van der Waals surface area contributed by atoms with Crippen LogP contribution >= 0.6 is 0 Å². The number of oxime groups is 1. The van der Waals surface area contributed by atoms with E-state index < -0.39 is 13.0 Å². The predicted octanol–water partition coefficient (Wildman–Crippen LogP) is 1.19. The van der Waals surface area contributed by atoms with E-state index in [4.69, 9.17) is 10.9 Å². The van der Waals surface area contributed by atoms with Gasteiger partial charge in [-0.2, -0.15) is 0 Å². The molecule has 0 fully saturated rings. The van der Waals surface area contributed by atoms with Crippen molar-refractivity contribution in [2.24, 2.45) is 10.9 Å². The van der Waals surface area contributed by atoms with Gasteiger partial charge in [0.25, 0.3) is 6.43 Å². The summed E-state index contributed by atoms with van der Waals surface area (Å²) in [6.45, 7) is 1.28. The van der Waals surface area contributed by atoms with Crippen LogP contribution in [-0.4, -0.2) is 36.0 Å². The van der Waals surface area contributed by atoms with Crippen molar-refractivity contribution in [1.82, 2.24) is 4.98 Å². The highest BCUT2D eigenvalue weighted by Gasteiger charge is 2.12. The zero-order valence-electron chi connectivity index (χ0n) is 9.56. The molecule has 1 aromatic heterocycles. The smallest absolute Gasteiger partial charge is 0.255 e. The highest BCUT2D eigenvalue weighted by molar-refractivity contribution is 5.97. The molecule has 0 spiro atoms. The summed E-state index contributed by atoms with van der Waals surface area (Å²) in [5.74, 6) is 0.272. The predicted molar refractivity (Wildman–Crippen MR) is 60.8 cm³/mol. The van der Waals surface area contributed by atoms with Crippen molar-refractivity contribution in [3.8, 4) is 0 Å². The van der Waals surface area contributed by atoms with Crippen molar-refractivity contribution < 1.29 is 14.0 Å². The molecule has 1 aromatic rings. The Bertz CT molecular complexity index is 423. The lowest BCUT2D eigenvalue weighted by molar-refractivity contribution is 0.156. The SMILES string of the molecule is Cc1cc(/C(N)=N/O)cc(N(C)CC(F)F)n1. The summed E-state index contributed by atoms with van der Waals surface area (Å²) >= 11 is 0. The third-order valence-electron chi connectivity index (χ3n) is 2.15. The molecule has 1 heterocycles. The third kappa shape index (κ3) is 3.54. The second kappa shape index (κ2) is 5.42. The Morgan fingerprint density at radius 3 is 2.76 bits per heavy atom. The first-order chi connectivity index (χ1) is 7.93. The number of aromatic nitrogens is 1. The molecular formula is C10H14F2N4O. The third-order valence-corrected chi connectivity index (χ3v) is 2.15. The Kier molecular flexibility index (Phi) is 4.19. The van der Waals surface area contributed by atoms with Crippen molar-refractivity contribution in [1.29, 1.82) is 0 Å². The molecule has 3 N–H and O–H groups in total. The number of hydrogen-bond donors (Lipinski definition) is 2. The highest BCUT2D eigenvalue weighted by Crippen LogP contribution is 2.14. The Labute approximate surface area is 97.6 Å². The van der Waals surface area contributed by atoms with Gasteiger partial charge < -0.3 is 15.8 Å². The first-order valence-electron chi connectivity index (χ1n) is 4.90. The minimum atomic E-state index is -2.45. The van der Waals surface area contributed by atoms with Gasteiger partial charge in [0.1, 0.15) is 5.82 Å².